The number of hydrogen-bond acceptors (Lipinski definition) is 2. The topological polar surface area (TPSA) is 32.3 Å². The predicted octanol–water partition coefficient (Wildman–Crippen LogP) is 2.05. The number of hydrogen-bond donors (Lipinski definition) is 1. The lowest BCUT2D eigenvalue weighted by Crippen LogP contribution is -2.36. The molecule has 1 aromatic rings. The van der Waals surface area contributed by atoms with Gasteiger partial charge in [0.2, 0.25) is 0 Å². The van der Waals surface area contributed by atoms with E-state index in [1.54, 1.807) is 0 Å². The number of alkyl halides is 3. The highest BCUT2D eigenvalue weighted by Gasteiger charge is 2.34. The van der Waals surface area contributed by atoms with E-state index in [1.165, 1.54) is 19.1 Å². The molecule has 0 spiro atoms. The highest BCUT2D eigenvalue weighted by atomic mass is 19.4. The van der Waals surface area contributed by atoms with Crippen molar-refractivity contribution in [1.29, 1.82) is 0 Å². The van der Waals surface area contributed by atoms with Crippen molar-refractivity contribution in [3.8, 4) is 0 Å². The van der Waals surface area contributed by atoms with Crippen molar-refractivity contribution in [2.75, 3.05) is 14.1 Å². The first-order chi connectivity index (χ1) is 7.71. The number of amides is 1. The SMILES string of the molecule is CN(C)NC(=O)c1ccc(F)c(C(F)(F)F)c1. The largest absolute Gasteiger partial charge is 0.419 e. The molecule has 0 aliphatic carbocycles. The monoisotopic (exact) mass is 250 g/mol. The summed E-state index contributed by atoms with van der Waals surface area (Å²) < 4.78 is 50.0. The summed E-state index contributed by atoms with van der Waals surface area (Å²) in [5.74, 6) is -2.14. The average Bonchev–Trinajstić information content (AvgIpc) is 2.15. The molecule has 1 N–H and O–H groups in total. The molecule has 0 radical (unpaired) electrons. The normalized spacial score (nSPS) is 11.7. The Kier molecular flexibility index (Phi) is 3.72. The van der Waals surface area contributed by atoms with Crippen molar-refractivity contribution in [2.24, 2.45) is 0 Å². The molecular weight excluding hydrogens is 240 g/mol. The maximum absolute atomic E-state index is 12.9. The third-order valence-corrected chi connectivity index (χ3v) is 1.86. The van der Waals surface area contributed by atoms with E-state index in [-0.39, 0.29) is 5.56 Å². The van der Waals surface area contributed by atoms with Crippen LogP contribution in [0.15, 0.2) is 18.2 Å². The van der Waals surface area contributed by atoms with Crippen LogP contribution in [0.4, 0.5) is 17.6 Å². The number of rotatable bonds is 2. The second-order valence-electron chi connectivity index (χ2n) is 3.53. The minimum absolute atomic E-state index is 0.257. The lowest BCUT2D eigenvalue weighted by Gasteiger charge is -2.13. The second-order valence-corrected chi connectivity index (χ2v) is 3.53. The van der Waals surface area contributed by atoms with Crippen LogP contribution in [-0.2, 0) is 6.18 Å². The van der Waals surface area contributed by atoms with E-state index in [2.05, 4.69) is 5.43 Å². The standard InChI is InChI=1S/C10H10F4N2O/c1-16(2)15-9(17)6-3-4-8(11)7(5-6)10(12,13)14/h3-5H,1-2H3,(H,15,17). The third kappa shape index (κ3) is 3.42. The van der Waals surface area contributed by atoms with E-state index in [1.807, 2.05) is 0 Å². The van der Waals surface area contributed by atoms with Crippen LogP contribution in [0, 0.1) is 5.82 Å². The fourth-order valence-corrected chi connectivity index (χ4v) is 1.15. The van der Waals surface area contributed by atoms with Crippen LogP contribution in [-0.4, -0.2) is 25.0 Å². The molecule has 0 aliphatic rings. The van der Waals surface area contributed by atoms with Gasteiger partial charge in [0.15, 0.2) is 0 Å². The molecule has 17 heavy (non-hydrogen) atoms. The van der Waals surface area contributed by atoms with Crippen molar-refractivity contribution in [3.63, 3.8) is 0 Å². The summed E-state index contributed by atoms with van der Waals surface area (Å²) in [6, 6.07) is 2.09. The van der Waals surface area contributed by atoms with Crippen LogP contribution in [0.3, 0.4) is 0 Å². The minimum Gasteiger partial charge on any atom is -0.285 e. The second kappa shape index (κ2) is 4.70. The first-order valence-corrected chi connectivity index (χ1v) is 4.57. The smallest absolute Gasteiger partial charge is 0.285 e. The van der Waals surface area contributed by atoms with Gasteiger partial charge in [-0.2, -0.15) is 13.2 Å². The lowest BCUT2D eigenvalue weighted by atomic mass is 10.1. The Balaban J connectivity index is 3.09. The van der Waals surface area contributed by atoms with Crippen LogP contribution >= 0.6 is 0 Å². The van der Waals surface area contributed by atoms with E-state index < -0.39 is 23.5 Å². The van der Waals surface area contributed by atoms with Crippen LogP contribution in [0.5, 0.6) is 0 Å². The summed E-state index contributed by atoms with van der Waals surface area (Å²) in [5.41, 5.74) is 0.550. The van der Waals surface area contributed by atoms with Crippen molar-refractivity contribution < 1.29 is 22.4 Å². The lowest BCUT2D eigenvalue weighted by molar-refractivity contribution is -0.140. The Morgan fingerprint density at radius 3 is 2.35 bits per heavy atom. The highest BCUT2D eigenvalue weighted by Crippen LogP contribution is 2.31. The van der Waals surface area contributed by atoms with Crippen molar-refractivity contribution >= 4 is 5.91 Å². The fraction of sp³-hybridized carbons (Fsp3) is 0.300. The van der Waals surface area contributed by atoms with E-state index >= 15 is 0 Å². The number of carbonyl (C=O) groups is 1. The molecule has 94 valence electrons. The molecule has 0 heterocycles. The molecule has 0 fully saturated rings. The number of halogens is 4. The zero-order chi connectivity index (χ0) is 13.2. The molecular formula is C10H10F4N2O. The molecule has 1 amide bonds. The number of nitrogens with zero attached hydrogens (tertiary/aromatic N) is 1. The zero-order valence-corrected chi connectivity index (χ0v) is 9.10. The summed E-state index contributed by atoms with van der Waals surface area (Å²) in [6.45, 7) is 0. The molecule has 0 saturated heterocycles. The fourth-order valence-electron chi connectivity index (χ4n) is 1.15. The van der Waals surface area contributed by atoms with Crippen molar-refractivity contribution in [2.45, 2.75) is 6.18 Å². The molecule has 0 bridgehead atoms. The van der Waals surface area contributed by atoms with Gasteiger partial charge < -0.3 is 0 Å². The van der Waals surface area contributed by atoms with Crippen LogP contribution < -0.4 is 5.43 Å². The van der Waals surface area contributed by atoms with Gasteiger partial charge in [-0.1, -0.05) is 0 Å². The summed E-state index contributed by atoms with van der Waals surface area (Å²) in [6.07, 6.45) is -4.82. The molecule has 0 unspecified atom stereocenters. The highest BCUT2D eigenvalue weighted by molar-refractivity contribution is 5.94. The first kappa shape index (κ1) is 13.4. The molecule has 1 aromatic carbocycles. The van der Waals surface area contributed by atoms with Gasteiger partial charge in [0, 0.05) is 19.7 Å². The van der Waals surface area contributed by atoms with E-state index in [9.17, 15) is 22.4 Å². The van der Waals surface area contributed by atoms with Gasteiger partial charge in [-0.3, -0.25) is 10.2 Å². The Morgan fingerprint density at radius 2 is 1.88 bits per heavy atom. The van der Waals surface area contributed by atoms with Crippen LogP contribution in [0.1, 0.15) is 15.9 Å². The Morgan fingerprint density at radius 1 is 1.29 bits per heavy atom. The van der Waals surface area contributed by atoms with Gasteiger partial charge in [-0.25, -0.2) is 9.40 Å². The van der Waals surface area contributed by atoms with Gasteiger partial charge in [0.05, 0.1) is 5.56 Å². The van der Waals surface area contributed by atoms with Gasteiger partial charge in [-0.15, -0.1) is 0 Å². The summed E-state index contributed by atoms with van der Waals surface area (Å²) in [5, 5.41) is 1.28. The number of carbonyl (C=O) groups excluding carboxylic acids is 1. The summed E-state index contributed by atoms with van der Waals surface area (Å²) in [7, 11) is 3.01. The molecule has 0 aliphatic heterocycles. The number of benzene rings is 1. The van der Waals surface area contributed by atoms with Gasteiger partial charge >= 0.3 is 6.18 Å². The molecule has 0 aromatic heterocycles. The quantitative estimate of drug-likeness (QED) is 0.643. The van der Waals surface area contributed by atoms with Gasteiger partial charge in [0.25, 0.3) is 5.91 Å². The Labute approximate surface area is 95.0 Å². The van der Waals surface area contributed by atoms with Crippen molar-refractivity contribution in [1.82, 2.24) is 10.4 Å². The molecule has 0 atom stereocenters. The minimum atomic E-state index is -4.82. The molecule has 3 nitrogen and oxygen atoms in total. The number of hydrazine groups is 1. The predicted molar refractivity (Wildman–Crippen MR) is 52.6 cm³/mol. The number of nitrogens with one attached hydrogen (secondary N) is 1. The summed E-state index contributed by atoms with van der Waals surface area (Å²) >= 11 is 0. The molecule has 1 rings (SSSR count). The van der Waals surface area contributed by atoms with Crippen LogP contribution in [0.25, 0.3) is 0 Å². The molecule has 0 saturated carbocycles. The average molecular weight is 250 g/mol. The van der Waals surface area contributed by atoms with E-state index in [0.29, 0.717) is 12.1 Å². The molecule has 7 heteroatoms. The van der Waals surface area contributed by atoms with E-state index in [0.717, 1.165) is 6.07 Å². The third-order valence-electron chi connectivity index (χ3n) is 1.86. The maximum Gasteiger partial charge on any atom is 0.419 e. The maximum atomic E-state index is 12.9. The van der Waals surface area contributed by atoms with Gasteiger partial charge in [0.1, 0.15) is 5.82 Å². The zero-order valence-electron chi connectivity index (χ0n) is 9.10. The first-order valence-electron chi connectivity index (χ1n) is 4.57. The Bertz CT molecular complexity index is 429. The van der Waals surface area contributed by atoms with Crippen LogP contribution in [0.2, 0.25) is 0 Å². The summed E-state index contributed by atoms with van der Waals surface area (Å²) in [4.78, 5) is 11.4. The van der Waals surface area contributed by atoms with E-state index in [4.69, 9.17) is 0 Å². The Hall–Kier alpha value is -1.63. The van der Waals surface area contributed by atoms with Crippen molar-refractivity contribution in [3.05, 3.63) is 35.1 Å². The van der Waals surface area contributed by atoms with Gasteiger partial charge in [-0.05, 0) is 18.2 Å².